The minimum atomic E-state index is -0.960. The topological polar surface area (TPSA) is 87.1 Å². The zero-order valence-corrected chi connectivity index (χ0v) is 14.4. The van der Waals surface area contributed by atoms with E-state index in [1.54, 1.807) is 18.2 Å². The zero-order valence-electron chi connectivity index (χ0n) is 14.4. The van der Waals surface area contributed by atoms with Crippen LogP contribution in [0.3, 0.4) is 0 Å². The van der Waals surface area contributed by atoms with Crippen molar-refractivity contribution in [3.05, 3.63) is 29.8 Å². The molecule has 2 rings (SSSR count). The lowest BCUT2D eigenvalue weighted by atomic mass is 9.86. The van der Waals surface area contributed by atoms with Crippen LogP contribution < -0.4 is 0 Å². The smallest absolute Gasteiger partial charge is 0.407 e. The number of aromatic hydroxyl groups is 1. The summed E-state index contributed by atoms with van der Waals surface area (Å²) in [5.41, 5.74) is 0.235. The third-order valence-corrected chi connectivity index (χ3v) is 4.14. The van der Waals surface area contributed by atoms with Crippen molar-refractivity contribution in [1.82, 2.24) is 4.90 Å². The summed E-state index contributed by atoms with van der Waals surface area (Å²) >= 11 is 0. The third kappa shape index (κ3) is 4.88. The molecule has 0 radical (unpaired) electrons. The maximum absolute atomic E-state index is 12.7. The van der Waals surface area contributed by atoms with E-state index in [1.165, 1.54) is 4.90 Å². The highest BCUT2D eigenvalue weighted by Crippen LogP contribution is 2.30. The molecule has 1 aliphatic rings. The van der Waals surface area contributed by atoms with Crippen LogP contribution in [0.15, 0.2) is 24.3 Å². The number of carbonyl (C=O) groups is 2. The first kappa shape index (κ1) is 18.1. The van der Waals surface area contributed by atoms with Gasteiger partial charge in [-0.2, -0.15) is 0 Å². The summed E-state index contributed by atoms with van der Waals surface area (Å²) in [6, 6.07) is 6.78. The summed E-state index contributed by atoms with van der Waals surface area (Å²) in [7, 11) is 0. The van der Waals surface area contributed by atoms with Crippen LogP contribution >= 0.6 is 0 Å². The molecule has 0 spiro atoms. The highest BCUT2D eigenvalue weighted by molar-refractivity contribution is 5.74. The SMILES string of the molecule is CC(C)(C)OC(=O)C(Cc1cccc(O)c1)[C@H]1CCN(C(=O)O)C1. The quantitative estimate of drug-likeness (QED) is 0.826. The van der Waals surface area contributed by atoms with Crippen molar-refractivity contribution in [2.24, 2.45) is 11.8 Å². The van der Waals surface area contributed by atoms with E-state index >= 15 is 0 Å². The third-order valence-electron chi connectivity index (χ3n) is 4.14. The molecule has 0 aliphatic carbocycles. The maximum Gasteiger partial charge on any atom is 0.407 e. The molecule has 0 saturated carbocycles. The van der Waals surface area contributed by atoms with Gasteiger partial charge in [0.2, 0.25) is 0 Å². The molecular weight excluding hydrogens is 310 g/mol. The fraction of sp³-hybridized carbons (Fsp3) is 0.556. The summed E-state index contributed by atoms with van der Waals surface area (Å²) in [6.07, 6.45) is 0.0917. The second-order valence-electron chi connectivity index (χ2n) is 7.29. The number of nitrogens with zero attached hydrogens (tertiary/aromatic N) is 1. The monoisotopic (exact) mass is 335 g/mol. The molecule has 1 amide bonds. The maximum atomic E-state index is 12.7. The van der Waals surface area contributed by atoms with Gasteiger partial charge in [0, 0.05) is 13.1 Å². The second kappa shape index (κ2) is 7.11. The largest absolute Gasteiger partial charge is 0.508 e. The molecule has 24 heavy (non-hydrogen) atoms. The Morgan fingerprint density at radius 2 is 2.08 bits per heavy atom. The van der Waals surface area contributed by atoms with Gasteiger partial charge in [-0.15, -0.1) is 0 Å². The fourth-order valence-corrected chi connectivity index (χ4v) is 3.05. The van der Waals surface area contributed by atoms with Gasteiger partial charge in [0.1, 0.15) is 11.4 Å². The number of phenols is 1. The van der Waals surface area contributed by atoms with Crippen LogP contribution in [0.2, 0.25) is 0 Å². The number of esters is 1. The zero-order chi connectivity index (χ0) is 17.9. The molecule has 1 fully saturated rings. The lowest BCUT2D eigenvalue weighted by molar-refractivity contribution is -0.161. The number of ether oxygens (including phenoxy) is 1. The van der Waals surface area contributed by atoms with E-state index in [4.69, 9.17) is 9.84 Å². The van der Waals surface area contributed by atoms with E-state index in [9.17, 15) is 14.7 Å². The van der Waals surface area contributed by atoms with Gasteiger partial charge in [0.05, 0.1) is 5.92 Å². The molecule has 2 N–H and O–H groups in total. The van der Waals surface area contributed by atoms with Crippen LogP contribution in [-0.4, -0.2) is 45.9 Å². The molecular formula is C18H25NO5. The minimum Gasteiger partial charge on any atom is -0.508 e. The Hall–Kier alpha value is -2.24. The van der Waals surface area contributed by atoms with E-state index in [-0.39, 0.29) is 17.6 Å². The van der Waals surface area contributed by atoms with Gasteiger partial charge in [-0.25, -0.2) is 4.79 Å². The number of phenolic OH excluding ortho intramolecular Hbond substituents is 1. The average molecular weight is 335 g/mol. The van der Waals surface area contributed by atoms with E-state index < -0.39 is 17.6 Å². The molecule has 2 atom stereocenters. The molecule has 1 heterocycles. The normalized spacial score (nSPS) is 19.1. The Morgan fingerprint density at radius 1 is 1.38 bits per heavy atom. The van der Waals surface area contributed by atoms with Crippen LogP contribution in [0.4, 0.5) is 4.79 Å². The number of amides is 1. The van der Waals surface area contributed by atoms with E-state index in [0.717, 1.165) is 5.56 Å². The molecule has 0 bridgehead atoms. The van der Waals surface area contributed by atoms with Crippen molar-refractivity contribution >= 4 is 12.1 Å². The summed E-state index contributed by atoms with van der Waals surface area (Å²) in [4.78, 5) is 25.1. The number of hydrogen-bond donors (Lipinski definition) is 2. The van der Waals surface area contributed by atoms with Gasteiger partial charge in [-0.1, -0.05) is 12.1 Å². The second-order valence-corrected chi connectivity index (χ2v) is 7.29. The molecule has 132 valence electrons. The highest BCUT2D eigenvalue weighted by Gasteiger charge is 2.37. The number of carbonyl (C=O) groups excluding carboxylic acids is 1. The lowest BCUT2D eigenvalue weighted by Crippen LogP contribution is -2.35. The fourth-order valence-electron chi connectivity index (χ4n) is 3.05. The van der Waals surface area contributed by atoms with Crippen molar-refractivity contribution in [3.63, 3.8) is 0 Å². The first-order valence-electron chi connectivity index (χ1n) is 8.14. The van der Waals surface area contributed by atoms with Crippen molar-refractivity contribution in [2.75, 3.05) is 13.1 Å². The van der Waals surface area contributed by atoms with Gasteiger partial charge in [0.15, 0.2) is 0 Å². The van der Waals surface area contributed by atoms with Gasteiger partial charge in [-0.3, -0.25) is 4.79 Å². The number of rotatable bonds is 4. The minimum absolute atomic E-state index is 0.0849. The van der Waals surface area contributed by atoms with Crippen LogP contribution in [0.1, 0.15) is 32.8 Å². The number of carboxylic acid groups (broad SMARTS) is 1. The molecule has 6 heteroatoms. The first-order chi connectivity index (χ1) is 11.2. The Balaban J connectivity index is 2.18. The van der Waals surface area contributed by atoms with Crippen molar-refractivity contribution in [1.29, 1.82) is 0 Å². The van der Waals surface area contributed by atoms with Gasteiger partial charge < -0.3 is 19.8 Å². The first-order valence-corrected chi connectivity index (χ1v) is 8.14. The predicted octanol–water partition coefficient (Wildman–Crippen LogP) is 2.89. The molecule has 1 aromatic rings. The standard InChI is InChI=1S/C18H25NO5/c1-18(2,3)24-16(21)15(10-12-5-4-6-14(20)9-12)13-7-8-19(11-13)17(22)23/h4-6,9,13,15,20H,7-8,10-11H2,1-3H3,(H,22,23)/t13-,15?/m0/s1. The van der Waals surface area contributed by atoms with E-state index in [0.29, 0.717) is 25.9 Å². The van der Waals surface area contributed by atoms with Crippen molar-refractivity contribution in [2.45, 2.75) is 39.2 Å². The van der Waals surface area contributed by atoms with Crippen LogP contribution in [0.25, 0.3) is 0 Å². The molecule has 1 aliphatic heterocycles. The van der Waals surface area contributed by atoms with Crippen LogP contribution in [0, 0.1) is 11.8 Å². The summed E-state index contributed by atoms with van der Waals surface area (Å²) in [5.74, 6) is -0.689. The number of likely N-dealkylation sites (tertiary alicyclic amines) is 1. The molecule has 0 aromatic heterocycles. The molecule has 1 aromatic carbocycles. The average Bonchev–Trinajstić information content (AvgIpc) is 2.92. The number of hydrogen-bond acceptors (Lipinski definition) is 4. The molecule has 1 unspecified atom stereocenters. The van der Waals surface area contributed by atoms with Crippen LogP contribution in [-0.2, 0) is 16.0 Å². The molecule has 6 nitrogen and oxygen atoms in total. The summed E-state index contributed by atoms with van der Waals surface area (Å²) in [5, 5.41) is 18.8. The Labute approximate surface area is 142 Å². The Kier molecular flexibility index (Phi) is 5.36. The number of benzene rings is 1. The molecule has 1 saturated heterocycles. The predicted molar refractivity (Wildman–Crippen MR) is 88.9 cm³/mol. The Morgan fingerprint density at radius 3 is 2.62 bits per heavy atom. The van der Waals surface area contributed by atoms with Gasteiger partial charge in [0.25, 0.3) is 0 Å². The van der Waals surface area contributed by atoms with Gasteiger partial charge in [-0.05, 0) is 57.2 Å². The Bertz CT molecular complexity index is 608. The van der Waals surface area contributed by atoms with Crippen LogP contribution in [0.5, 0.6) is 5.75 Å². The summed E-state index contributed by atoms with van der Waals surface area (Å²) < 4.78 is 5.54. The summed E-state index contributed by atoms with van der Waals surface area (Å²) in [6.45, 7) is 6.20. The van der Waals surface area contributed by atoms with E-state index in [1.807, 2.05) is 26.8 Å². The van der Waals surface area contributed by atoms with Crippen molar-refractivity contribution in [3.8, 4) is 5.75 Å². The van der Waals surface area contributed by atoms with Gasteiger partial charge >= 0.3 is 12.1 Å². The van der Waals surface area contributed by atoms with E-state index in [2.05, 4.69) is 0 Å². The highest BCUT2D eigenvalue weighted by atomic mass is 16.6. The lowest BCUT2D eigenvalue weighted by Gasteiger charge is -2.27. The van der Waals surface area contributed by atoms with Crippen molar-refractivity contribution < 1.29 is 24.5 Å².